The molecule has 4 nitrogen and oxygen atoms in total. The summed E-state index contributed by atoms with van der Waals surface area (Å²) < 4.78 is 0. The topological polar surface area (TPSA) is 71.2 Å². The maximum absolute atomic E-state index is 11.9. The Kier molecular flexibility index (Phi) is 3.65. The van der Waals surface area contributed by atoms with Gasteiger partial charge in [-0.05, 0) is 36.8 Å². The van der Waals surface area contributed by atoms with E-state index in [9.17, 15) is 4.79 Å². The minimum atomic E-state index is -0.0524. The summed E-state index contributed by atoms with van der Waals surface area (Å²) in [6.45, 7) is 2.23. The molecule has 2 rings (SSSR count). The molecule has 3 N–H and O–H groups in total. The standard InChI is InChI=1S/C14H19N3O/c1-9-3-5-10(6-4-9)12-7-11(13(15)16-2)8-17-14(12)18/h5,7-9H,3-4,6H2,1-2H3,(H2,15,16)(H,17,18). The first-order valence-electron chi connectivity index (χ1n) is 6.26. The lowest BCUT2D eigenvalue weighted by Crippen LogP contribution is -2.19. The summed E-state index contributed by atoms with van der Waals surface area (Å²) in [6, 6.07) is 1.84. The van der Waals surface area contributed by atoms with Crippen LogP contribution in [-0.2, 0) is 0 Å². The molecule has 0 radical (unpaired) electrons. The highest BCUT2D eigenvalue weighted by atomic mass is 16.1. The number of hydrogen-bond acceptors (Lipinski definition) is 2. The molecule has 0 aromatic carbocycles. The number of nitrogens with zero attached hydrogens (tertiary/aromatic N) is 1. The predicted octanol–water partition coefficient (Wildman–Crippen LogP) is 1.91. The highest BCUT2D eigenvalue weighted by molar-refractivity contribution is 5.97. The fourth-order valence-electron chi connectivity index (χ4n) is 2.21. The van der Waals surface area contributed by atoms with E-state index in [0.29, 0.717) is 11.8 Å². The zero-order valence-electron chi connectivity index (χ0n) is 10.9. The summed E-state index contributed by atoms with van der Waals surface area (Å²) in [7, 11) is 1.64. The summed E-state index contributed by atoms with van der Waals surface area (Å²) >= 11 is 0. The van der Waals surface area contributed by atoms with Gasteiger partial charge >= 0.3 is 0 Å². The third-order valence-corrected chi connectivity index (χ3v) is 3.46. The lowest BCUT2D eigenvalue weighted by molar-refractivity contribution is 0.533. The predicted molar refractivity (Wildman–Crippen MR) is 74.7 cm³/mol. The number of aliphatic imine (C=N–C) groups is 1. The lowest BCUT2D eigenvalue weighted by Gasteiger charge is -2.18. The van der Waals surface area contributed by atoms with Gasteiger partial charge in [-0.1, -0.05) is 13.0 Å². The van der Waals surface area contributed by atoms with Crippen molar-refractivity contribution < 1.29 is 0 Å². The van der Waals surface area contributed by atoms with Gasteiger partial charge in [-0.25, -0.2) is 0 Å². The van der Waals surface area contributed by atoms with Crippen LogP contribution < -0.4 is 11.3 Å². The van der Waals surface area contributed by atoms with Gasteiger partial charge in [0.05, 0.1) is 0 Å². The average Bonchev–Trinajstić information content (AvgIpc) is 2.39. The maximum Gasteiger partial charge on any atom is 0.255 e. The fourth-order valence-corrected chi connectivity index (χ4v) is 2.21. The molecular formula is C14H19N3O. The molecule has 96 valence electrons. The molecule has 1 aliphatic carbocycles. The second-order valence-corrected chi connectivity index (χ2v) is 4.85. The summed E-state index contributed by atoms with van der Waals surface area (Å²) in [5, 5.41) is 0. The van der Waals surface area contributed by atoms with Crippen LogP contribution in [0.3, 0.4) is 0 Å². The third kappa shape index (κ3) is 2.53. The summed E-state index contributed by atoms with van der Waals surface area (Å²) in [6.07, 6.45) is 6.90. The van der Waals surface area contributed by atoms with Gasteiger partial charge in [-0.2, -0.15) is 0 Å². The second kappa shape index (κ2) is 5.21. The number of amidine groups is 1. The van der Waals surface area contributed by atoms with E-state index < -0.39 is 0 Å². The minimum Gasteiger partial charge on any atom is -0.383 e. The number of rotatable bonds is 2. The zero-order valence-corrected chi connectivity index (χ0v) is 10.9. The molecule has 0 spiro atoms. The molecular weight excluding hydrogens is 226 g/mol. The quantitative estimate of drug-likeness (QED) is 0.617. The number of allylic oxidation sites excluding steroid dienone is 2. The van der Waals surface area contributed by atoms with Crippen LogP contribution in [0.15, 0.2) is 28.1 Å². The Balaban J connectivity index is 2.41. The van der Waals surface area contributed by atoms with Crippen LogP contribution in [0, 0.1) is 5.92 Å². The molecule has 18 heavy (non-hydrogen) atoms. The Labute approximate surface area is 107 Å². The molecule has 0 aliphatic heterocycles. The highest BCUT2D eigenvalue weighted by Crippen LogP contribution is 2.28. The first kappa shape index (κ1) is 12.6. The van der Waals surface area contributed by atoms with Crippen molar-refractivity contribution in [3.63, 3.8) is 0 Å². The fraction of sp³-hybridized carbons (Fsp3) is 0.429. The normalized spacial score (nSPS) is 20.7. The summed E-state index contributed by atoms with van der Waals surface area (Å²) in [5.41, 5.74) is 8.34. The largest absolute Gasteiger partial charge is 0.383 e. The molecule has 1 unspecified atom stereocenters. The van der Waals surface area contributed by atoms with Crippen molar-refractivity contribution in [3.8, 4) is 0 Å². The number of nitrogens with one attached hydrogen (secondary N) is 1. The van der Waals surface area contributed by atoms with Gasteiger partial charge in [0.1, 0.15) is 5.84 Å². The van der Waals surface area contributed by atoms with Gasteiger partial charge < -0.3 is 10.7 Å². The van der Waals surface area contributed by atoms with Gasteiger partial charge in [0.25, 0.3) is 5.56 Å². The molecule has 1 atom stereocenters. The van der Waals surface area contributed by atoms with Crippen LogP contribution >= 0.6 is 0 Å². The summed E-state index contributed by atoms with van der Waals surface area (Å²) in [4.78, 5) is 18.6. The van der Waals surface area contributed by atoms with E-state index in [0.717, 1.165) is 36.0 Å². The number of nitrogens with two attached hydrogens (primary N) is 1. The minimum absolute atomic E-state index is 0.0524. The van der Waals surface area contributed by atoms with Crippen molar-refractivity contribution in [3.05, 3.63) is 39.8 Å². The van der Waals surface area contributed by atoms with Crippen molar-refractivity contribution in [1.29, 1.82) is 0 Å². The number of pyridine rings is 1. The molecule has 4 heteroatoms. The smallest absolute Gasteiger partial charge is 0.255 e. The molecule has 0 saturated heterocycles. The Bertz CT molecular complexity index is 554. The van der Waals surface area contributed by atoms with Crippen molar-refractivity contribution in [2.24, 2.45) is 16.6 Å². The van der Waals surface area contributed by atoms with E-state index in [1.165, 1.54) is 0 Å². The molecule has 0 saturated carbocycles. The first-order valence-corrected chi connectivity index (χ1v) is 6.26. The van der Waals surface area contributed by atoms with Gasteiger partial charge in [-0.3, -0.25) is 9.79 Å². The Morgan fingerprint density at radius 2 is 2.33 bits per heavy atom. The van der Waals surface area contributed by atoms with E-state index >= 15 is 0 Å². The summed E-state index contributed by atoms with van der Waals surface area (Å²) in [5.74, 6) is 1.15. The van der Waals surface area contributed by atoms with E-state index in [1.807, 2.05) is 6.07 Å². The van der Waals surface area contributed by atoms with Crippen molar-refractivity contribution in [2.45, 2.75) is 26.2 Å². The van der Waals surface area contributed by atoms with Crippen molar-refractivity contribution in [1.82, 2.24) is 4.98 Å². The number of aromatic nitrogens is 1. The lowest BCUT2D eigenvalue weighted by atomic mass is 9.88. The highest BCUT2D eigenvalue weighted by Gasteiger charge is 2.14. The van der Waals surface area contributed by atoms with Crippen LogP contribution in [0.25, 0.3) is 5.57 Å². The van der Waals surface area contributed by atoms with Gasteiger partial charge in [0.15, 0.2) is 0 Å². The molecule has 1 heterocycles. The van der Waals surface area contributed by atoms with Gasteiger partial charge in [0, 0.05) is 24.4 Å². The van der Waals surface area contributed by atoms with Crippen LogP contribution in [-0.4, -0.2) is 17.9 Å². The van der Waals surface area contributed by atoms with E-state index in [-0.39, 0.29) is 5.56 Å². The van der Waals surface area contributed by atoms with Gasteiger partial charge in [-0.15, -0.1) is 0 Å². The van der Waals surface area contributed by atoms with Crippen LogP contribution in [0.1, 0.15) is 37.3 Å². The first-order chi connectivity index (χ1) is 8.61. The van der Waals surface area contributed by atoms with Crippen molar-refractivity contribution >= 4 is 11.4 Å². The van der Waals surface area contributed by atoms with E-state index in [1.54, 1.807) is 13.2 Å². The van der Waals surface area contributed by atoms with Crippen LogP contribution in [0.2, 0.25) is 0 Å². The zero-order chi connectivity index (χ0) is 13.1. The van der Waals surface area contributed by atoms with Crippen LogP contribution in [0.5, 0.6) is 0 Å². The second-order valence-electron chi connectivity index (χ2n) is 4.85. The SMILES string of the molecule is CN=C(N)c1c[nH]c(=O)c(C2=CCC(C)CC2)c1. The molecule has 0 bridgehead atoms. The molecule has 0 fully saturated rings. The van der Waals surface area contributed by atoms with Gasteiger partial charge in [0.2, 0.25) is 0 Å². The van der Waals surface area contributed by atoms with Crippen LogP contribution in [0.4, 0.5) is 0 Å². The Hall–Kier alpha value is -1.84. The monoisotopic (exact) mass is 245 g/mol. The Morgan fingerprint density at radius 3 is 2.94 bits per heavy atom. The average molecular weight is 245 g/mol. The molecule has 0 amide bonds. The third-order valence-electron chi connectivity index (χ3n) is 3.46. The molecule has 1 aromatic rings. The van der Waals surface area contributed by atoms with Crippen molar-refractivity contribution in [2.75, 3.05) is 7.05 Å². The van der Waals surface area contributed by atoms with E-state index in [2.05, 4.69) is 23.0 Å². The number of hydrogen-bond donors (Lipinski definition) is 2. The Morgan fingerprint density at radius 1 is 1.56 bits per heavy atom. The number of aromatic amines is 1. The molecule has 1 aromatic heterocycles. The number of H-pyrrole nitrogens is 1. The molecule has 1 aliphatic rings. The van der Waals surface area contributed by atoms with E-state index in [4.69, 9.17) is 5.73 Å². The maximum atomic E-state index is 11.9.